The number of carbonyl (C=O) groups is 2. The summed E-state index contributed by atoms with van der Waals surface area (Å²) in [4.78, 5) is 31.0. The monoisotopic (exact) mass is 537 g/mol. The Balaban J connectivity index is 1.34. The van der Waals surface area contributed by atoms with Crippen LogP contribution in [-0.4, -0.2) is 22.3 Å². The third-order valence-corrected chi connectivity index (χ3v) is 7.25. The molecule has 0 saturated carbocycles. The quantitative estimate of drug-likeness (QED) is 0.259. The largest absolute Gasteiger partial charge is 0.323 e. The average molecular weight is 538 g/mol. The van der Waals surface area contributed by atoms with E-state index in [-0.39, 0.29) is 11.8 Å². The maximum Gasteiger partial charge on any atom is 0.259 e. The highest BCUT2D eigenvalue weighted by molar-refractivity contribution is 7.22. The van der Waals surface area contributed by atoms with E-state index in [9.17, 15) is 9.59 Å². The Hall–Kier alpha value is -3.43. The van der Waals surface area contributed by atoms with Crippen molar-refractivity contribution in [3.05, 3.63) is 94.1 Å². The summed E-state index contributed by atoms with van der Waals surface area (Å²) in [5, 5.41) is 8.75. The summed E-state index contributed by atoms with van der Waals surface area (Å²) in [6.07, 6.45) is 1.62. The molecule has 1 aliphatic heterocycles. The molecular formula is C26H21Cl2N5O2S. The number of nitrogens with one attached hydrogen (secondary N) is 3. The van der Waals surface area contributed by atoms with Crippen molar-refractivity contribution >= 4 is 73.1 Å². The van der Waals surface area contributed by atoms with E-state index in [4.69, 9.17) is 23.2 Å². The second-order valence-electron chi connectivity index (χ2n) is 8.49. The second kappa shape index (κ2) is 9.55. The van der Waals surface area contributed by atoms with Gasteiger partial charge in [-0.3, -0.25) is 19.9 Å². The normalized spacial score (nSPS) is 17.2. The summed E-state index contributed by atoms with van der Waals surface area (Å²) >= 11 is 13.8. The van der Waals surface area contributed by atoms with E-state index in [0.29, 0.717) is 26.6 Å². The first-order valence-electron chi connectivity index (χ1n) is 11.0. The number of para-hydroxylation sites is 2. The zero-order chi connectivity index (χ0) is 25.4. The van der Waals surface area contributed by atoms with E-state index < -0.39 is 5.54 Å². The number of rotatable bonds is 5. The van der Waals surface area contributed by atoms with Crippen LogP contribution in [0.3, 0.4) is 0 Å². The molecule has 0 bridgehead atoms. The van der Waals surface area contributed by atoms with Crippen LogP contribution in [0, 0.1) is 6.92 Å². The van der Waals surface area contributed by atoms with Gasteiger partial charge in [0.15, 0.2) is 5.13 Å². The van der Waals surface area contributed by atoms with E-state index in [1.54, 1.807) is 66.5 Å². The SMILES string of the molecule is Cc1cccc2sc(NC(=O)c3ccccc3NC(=O)C3(C)C=C(Cl)N(c4ccc(Cl)cc4)N3)nc12. The number of aromatic nitrogens is 1. The molecule has 182 valence electrons. The highest BCUT2D eigenvalue weighted by Crippen LogP contribution is 2.32. The molecule has 7 nitrogen and oxygen atoms in total. The minimum Gasteiger partial charge on any atom is -0.323 e. The average Bonchev–Trinajstić information content (AvgIpc) is 3.41. The number of hydrogen-bond donors (Lipinski definition) is 3. The van der Waals surface area contributed by atoms with Crippen molar-refractivity contribution in [2.45, 2.75) is 19.4 Å². The van der Waals surface area contributed by atoms with Gasteiger partial charge in [0.1, 0.15) is 10.7 Å². The maximum absolute atomic E-state index is 13.3. The van der Waals surface area contributed by atoms with Gasteiger partial charge < -0.3 is 5.32 Å². The molecule has 2 heterocycles. The van der Waals surface area contributed by atoms with Gasteiger partial charge in [0.05, 0.1) is 27.2 Å². The van der Waals surface area contributed by atoms with Gasteiger partial charge >= 0.3 is 0 Å². The number of benzene rings is 3. The zero-order valence-electron chi connectivity index (χ0n) is 19.3. The molecule has 0 radical (unpaired) electrons. The van der Waals surface area contributed by atoms with Crippen molar-refractivity contribution in [1.82, 2.24) is 10.4 Å². The predicted molar refractivity (Wildman–Crippen MR) is 147 cm³/mol. The van der Waals surface area contributed by atoms with E-state index in [0.717, 1.165) is 21.5 Å². The Kier molecular flexibility index (Phi) is 6.44. The molecule has 5 rings (SSSR count). The first kappa shape index (κ1) is 24.3. The van der Waals surface area contributed by atoms with Gasteiger partial charge in [0, 0.05) is 5.02 Å². The minimum atomic E-state index is -1.16. The molecule has 3 aromatic carbocycles. The van der Waals surface area contributed by atoms with Crippen molar-refractivity contribution < 1.29 is 9.59 Å². The van der Waals surface area contributed by atoms with Gasteiger partial charge in [-0.15, -0.1) is 0 Å². The van der Waals surface area contributed by atoms with Crippen LogP contribution >= 0.6 is 34.5 Å². The third-order valence-electron chi connectivity index (χ3n) is 5.78. The third kappa shape index (κ3) is 4.68. The number of thiazole rings is 1. The first-order valence-corrected chi connectivity index (χ1v) is 12.6. The molecule has 1 aliphatic rings. The fourth-order valence-electron chi connectivity index (χ4n) is 3.86. The van der Waals surface area contributed by atoms with Crippen LogP contribution in [-0.2, 0) is 4.79 Å². The Labute approximate surface area is 221 Å². The molecule has 0 spiro atoms. The van der Waals surface area contributed by atoms with Gasteiger partial charge in [0.25, 0.3) is 5.91 Å². The van der Waals surface area contributed by atoms with E-state index in [1.165, 1.54) is 11.3 Å². The Morgan fingerprint density at radius 1 is 1.00 bits per heavy atom. The van der Waals surface area contributed by atoms with Gasteiger partial charge in [-0.1, -0.05) is 58.8 Å². The van der Waals surface area contributed by atoms with Crippen LogP contribution in [0.25, 0.3) is 10.2 Å². The fourth-order valence-corrected chi connectivity index (χ4v) is 5.28. The molecule has 4 aromatic rings. The number of carbonyl (C=O) groups excluding carboxylic acids is 2. The number of amides is 2. The first-order chi connectivity index (χ1) is 17.2. The molecule has 10 heteroatoms. The van der Waals surface area contributed by atoms with Crippen LogP contribution in [0.1, 0.15) is 22.8 Å². The molecular weight excluding hydrogens is 517 g/mol. The molecule has 0 fully saturated rings. The van der Waals surface area contributed by atoms with Gasteiger partial charge in [-0.2, -0.15) is 0 Å². The molecule has 0 saturated heterocycles. The highest BCUT2D eigenvalue weighted by Gasteiger charge is 2.40. The number of nitrogens with zero attached hydrogens (tertiary/aromatic N) is 2. The zero-order valence-corrected chi connectivity index (χ0v) is 21.6. The fraction of sp³-hybridized carbons (Fsp3) is 0.115. The van der Waals surface area contributed by atoms with Crippen LogP contribution in [0.5, 0.6) is 0 Å². The lowest BCUT2D eigenvalue weighted by molar-refractivity contribution is -0.120. The van der Waals surface area contributed by atoms with Crippen LogP contribution < -0.4 is 21.1 Å². The summed E-state index contributed by atoms with van der Waals surface area (Å²) in [5.74, 6) is -0.753. The van der Waals surface area contributed by atoms with Crippen molar-refractivity contribution in [2.24, 2.45) is 0 Å². The molecule has 1 aromatic heterocycles. The Bertz CT molecular complexity index is 1520. The Morgan fingerprint density at radius 3 is 2.50 bits per heavy atom. The number of fused-ring (bicyclic) bond motifs is 1. The lowest BCUT2D eigenvalue weighted by Gasteiger charge is -2.27. The van der Waals surface area contributed by atoms with E-state index >= 15 is 0 Å². The topological polar surface area (TPSA) is 86.4 Å². The summed E-state index contributed by atoms with van der Waals surface area (Å²) in [7, 11) is 0. The highest BCUT2D eigenvalue weighted by atomic mass is 35.5. The van der Waals surface area contributed by atoms with Crippen LogP contribution in [0.15, 0.2) is 78.0 Å². The lowest BCUT2D eigenvalue weighted by Crippen LogP contribution is -2.53. The molecule has 36 heavy (non-hydrogen) atoms. The molecule has 1 unspecified atom stereocenters. The van der Waals surface area contributed by atoms with Crippen LogP contribution in [0.4, 0.5) is 16.5 Å². The molecule has 1 atom stereocenters. The maximum atomic E-state index is 13.3. The molecule has 0 aliphatic carbocycles. The van der Waals surface area contributed by atoms with Crippen molar-refractivity contribution in [1.29, 1.82) is 0 Å². The van der Waals surface area contributed by atoms with Gasteiger partial charge in [0.2, 0.25) is 5.91 Å². The molecule has 3 N–H and O–H groups in total. The molecule has 2 amide bonds. The van der Waals surface area contributed by atoms with Crippen molar-refractivity contribution in [3.63, 3.8) is 0 Å². The van der Waals surface area contributed by atoms with E-state index in [2.05, 4.69) is 21.0 Å². The van der Waals surface area contributed by atoms with Crippen molar-refractivity contribution in [3.8, 4) is 0 Å². The smallest absolute Gasteiger partial charge is 0.259 e. The number of hydrazine groups is 1. The second-order valence-corrected chi connectivity index (χ2v) is 10.3. The predicted octanol–water partition coefficient (Wildman–Crippen LogP) is 6.31. The standard InChI is InChI=1S/C26H21Cl2N5O2S/c1-15-6-5-9-20-22(15)30-25(36-20)31-23(34)18-7-3-4-8-19(18)29-24(35)26(2)14-21(28)33(32-26)17-12-10-16(27)11-13-17/h3-14,32H,1-2H3,(H,29,35)(H,30,31,34). The van der Waals surface area contributed by atoms with Crippen LogP contribution in [0.2, 0.25) is 5.02 Å². The number of anilines is 3. The van der Waals surface area contributed by atoms with Gasteiger partial charge in [-0.05, 0) is 68.0 Å². The summed E-state index contributed by atoms with van der Waals surface area (Å²) in [5.41, 5.74) is 5.26. The summed E-state index contributed by atoms with van der Waals surface area (Å²) in [6, 6.07) is 19.8. The minimum absolute atomic E-state index is 0.313. The van der Waals surface area contributed by atoms with E-state index in [1.807, 2.05) is 25.1 Å². The van der Waals surface area contributed by atoms with Crippen molar-refractivity contribution in [2.75, 3.05) is 15.6 Å². The summed E-state index contributed by atoms with van der Waals surface area (Å²) < 4.78 is 0.987. The number of aryl methyl sites for hydroxylation is 1. The summed E-state index contributed by atoms with van der Waals surface area (Å²) in [6.45, 7) is 3.68. The van der Waals surface area contributed by atoms with Gasteiger partial charge in [-0.25, -0.2) is 10.4 Å². The number of halogens is 2. The Morgan fingerprint density at radius 2 is 1.75 bits per heavy atom. The lowest BCUT2D eigenvalue weighted by atomic mass is 10.0. The number of hydrogen-bond acceptors (Lipinski definition) is 6.